The number of rotatable bonds is 3. The second-order valence-corrected chi connectivity index (χ2v) is 4.39. The van der Waals surface area contributed by atoms with Gasteiger partial charge in [0, 0.05) is 19.3 Å². The van der Waals surface area contributed by atoms with Gasteiger partial charge in [0.05, 0.1) is 6.54 Å². The van der Waals surface area contributed by atoms with Crippen molar-refractivity contribution in [3.63, 3.8) is 0 Å². The average molecular weight is 219 g/mol. The highest BCUT2D eigenvalue weighted by Gasteiger charge is 2.20. The largest absolute Gasteiger partial charge is 0.356 e. The summed E-state index contributed by atoms with van der Waals surface area (Å²) < 4.78 is 0. The van der Waals surface area contributed by atoms with E-state index >= 15 is 0 Å². The van der Waals surface area contributed by atoms with Crippen LogP contribution in [0.25, 0.3) is 0 Å². The van der Waals surface area contributed by atoms with Gasteiger partial charge in [-0.1, -0.05) is 11.2 Å². The quantitative estimate of drug-likeness (QED) is 0.733. The Kier molecular flexibility index (Phi) is 3.49. The van der Waals surface area contributed by atoms with Crippen LogP contribution in [0.3, 0.4) is 0 Å². The summed E-state index contributed by atoms with van der Waals surface area (Å²) in [4.78, 5) is 16.9. The normalized spacial score (nSPS) is 17.4. The number of anilines is 1. The third kappa shape index (κ3) is 2.38. The molecular weight excluding hydrogens is 202 g/mol. The molecule has 0 atom stereocenters. The highest BCUT2D eigenvalue weighted by molar-refractivity contribution is 5.46. The number of hydrogen-bond donors (Lipinski definition) is 0. The number of piperidine rings is 1. The molecule has 2 heterocycles. The molecule has 4 nitrogen and oxygen atoms in total. The van der Waals surface area contributed by atoms with E-state index in [4.69, 9.17) is 0 Å². The lowest BCUT2D eigenvalue weighted by Crippen LogP contribution is -2.35. The molecule has 0 aliphatic carbocycles. The van der Waals surface area contributed by atoms with Crippen molar-refractivity contribution in [3.8, 4) is 0 Å². The molecule has 1 aromatic rings. The monoisotopic (exact) mass is 219 g/mol. The Balaban J connectivity index is 1.99. The minimum Gasteiger partial charge on any atom is -0.356 e. The predicted octanol–water partition coefficient (Wildman–Crippen LogP) is 2.37. The van der Waals surface area contributed by atoms with Gasteiger partial charge in [-0.05, 0) is 37.3 Å². The van der Waals surface area contributed by atoms with E-state index in [1.807, 2.05) is 12.3 Å². The van der Waals surface area contributed by atoms with Crippen LogP contribution in [0.5, 0.6) is 0 Å². The number of nitroso groups, excluding NO2 is 1. The molecule has 4 heteroatoms. The minimum atomic E-state index is 0.467. The number of aromatic nitrogens is 1. The Morgan fingerprint density at radius 3 is 2.88 bits per heavy atom. The first-order chi connectivity index (χ1) is 7.81. The smallest absolute Gasteiger partial charge is 0.131 e. The van der Waals surface area contributed by atoms with Gasteiger partial charge in [0.15, 0.2) is 0 Å². The van der Waals surface area contributed by atoms with Gasteiger partial charge in [-0.25, -0.2) is 4.98 Å². The van der Waals surface area contributed by atoms with Crippen molar-refractivity contribution in [1.29, 1.82) is 0 Å². The zero-order chi connectivity index (χ0) is 11.4. The molecule has 0 spiro atoms. The fourth-order valence-corrected chi connectivity index (χ4v) is 2.24. The summed E-state index contributed by atoms with van der Waals surface area (Å²) in [5, 5.41) is 2.99. The molecule has 16 heavy (non-hydrogen) atoms. The van der Waals surface area contributed by atoms with Gasteiger partial charge in [0.2, 0.25) is 0 Å². The Labute approximate surface area is 95.7 Å². The lowest BCUT2D eigenvalue weighted by atomic mass is 9.97. The zero-order valence-electron chi connectivity index (χ0n) is 9.59. The van der Waals surface area contributed by atoms with Crippen molar-refractivity contribution in [2.75, 3.05) is 24.5 Å². The molecule has 0 saturated carbocycles. The molecule has 0 bridgehead atoms. The number of hydrogen-bond acceptors (Lipinski definition) is 4. The van der Waals surface area contributed by atoms with Crippen LogP contribution < -0.4 is 4.90 Å². The van der Waals surface area contributed by atoms with Gasteiger partial charge in [-0.3, -0.25) is 0 Å². The van der Waals surface area contributed by atoms with E-state index < -0.39 is 0 Å². The summed E-state index contributed by atoms with van der Waals surface area (Å²) in [5.74, 6) is 1.55. The van der Waals surface area contributed by atoms with Gasteiger partial charge >= 0.3 is 0 Å². The highest BCUT2D eigenvalue weighted by atomic mass is 16.3. The van der Waals surface area contributed by atoms with Gasteiger partial charge < -0.3 is 4.90 Å². The van der Waals surface area contributed by atoms with Gasteiger partial charge in [-0.2, -0.15) is 4.91 Å². The fraction of sp³-hybridized carbons (Fsp3) is 0.583. The van der Waals surface area contributed by atoms with Crippen LogP contribution in [0.4, 0.5) is 5.82 Å². The molecule has 1 aromatic heterocycles. The van der Waals surface area contributed by atoms with Gasteiger partial charge in [0.25, 0.3) is 0 Å². The van der Waals surface area contributed by atoms with Gasteiger partial charge in [0.1, 0.15) is 5.82 Å². The second kappa shape index (κ2) is 5.05. The van der Waals surface area contributed by atoms with Crippen molar-refractivity contribution in [2.45, 2.75) is 19.8 Å². The van der Waals surface area contributed by atoms with E-state index in [0.717, 1.165) is 31.7 Å². The van der Waals surface area contributed by atoms with E-state index in [2.05, 4.69) is 28.1 Å². The molecule has 0 radical (unpaired) electrons. The van der Waals surface area contributed by atoms with Crippen molar-refractivity contribution in [1.82, 2.24) is 4.98 Å². The molecule has 0 aromatic carbocycles. The maximum atomic E-state index is 10.2. The molecule has 86 valence electrons. The van der Waals surface area contributed by atoms with Crippen LogP contribution >= 0.6 is 0 Å². The van der Waals surface area contributed by atoms with E-state index in [1.165, 1.54) is 5.56 Å². The van der Waals surface area contributed by atoms with E-state index in [9.17, 15) is 4.91 Å². The molecule has 0 N–H and O–H groups in total. The van der Waals surface area contributed by atoms with Crippen LogP contribution in [0, 0.1) is 17.7 Å². The molecule has 1 aliphatic heterocycles. The van der Waals surface area contributed by atoms with Crippen molar-refractivity contribution in [3.05, 3.63) is 28.8 Å². The lowest BCUT2D eigenvalue weighted by molar-refractivity contribution is 0.412. The Bertz CT molecular complexity index is 359. The number of aryl methyl sites for hydroxylation is 1. The summed E-state index contributed by atoms with van der Waals surface area (Å²) in [6, 6.07) is 4.04. The topological polar surface area (TPSA) is 45.6 Å². The number of nitrogens with zero attached hydrogens (tertiary/aromatic N) is 3. The molecule has 1 aliphatic rings. The molecule has 2 rings (SSSR count). The first kappa shape index (κ1) is 11.0. The van der Waals surface area contributed by atoms with Crippen LogP contribution in [-0.2, 0) is 0 Å². The minimum absolute atomic E-state index is 0.467. The fourth-order valence-electron chi connectivity index (χ4n) is 2.24. The first-order valence-corrected chi connectivity index (χ1v) is 5.77. The lowest BCUT2D eigenvalue weighted by Gasteiger charge is -2.32. The third-order valence-corrected chi connectivity index (χ3v) is 3.23. The SMILES string of the molecule is Cc1cccnc1N1CCC(CN=O)CC1. The zero-order valence-corrected chi connectivity index (χ0v) is 9.59. The Hall–Kier alpha value is -1.45. The standard InChI is InChI=1S/C12H17N3O/c1-10-3-2-6-13-12(10)15-7-4-11(5-8-15)9-14-16/h2-3,6,11H,4-5,7-9H2,1H3. The van der Waals surface area contributed by atoms with Gasteiger partial charge in [-0.15, -0.1) is 0 Å². The predicted molar refractivity (Wildman–Crippen MR) is 64.6 cm³/mol. The van der Waals surface area contributed by atoms with E-state index in [0.29, 0.717) is 12.5 Å². The maximum absolute atomic E-state index is 10.2. The second-order valence-electron chi connectivity index (χ2n) is 4.39. The van der Waals surface area contributed by atoms with Crippen molar-refractivity contribution < 1.29 is 0 Å². The summed E-state index contributed by atoms with van der Waals surface area (Å²) in [5.41, 5.74) is 1.22. The molecular formula is C12H17N3O. The van der Waals surface area contributed by atoms with Crippen LogP contribution in [-0.4, -0.2) is 24.6 Å². The van der Waals surface area contributed by atoms with E-state index in [1.54, 1.807) is 0 Å². The van der Waals surface area contributed by atoms with Crippen LogP contribution in [0.2, 0.25) is 0 Å². The summed E-state index contributed by atoms with van der Waals surface area (Å²) in [6.45, 7) is 4.52. The summed E-state index contributed by atoms with van der Waals surface area (Å²) in [7, 11) is 0. The summed E-state index contributed by atoms with van der Waals surface area (Å²) >= 11 is 0. The van der Waals surface area contributed by atoms with Crippen LogP contribution in [0.15, 0.2) is 23.5 Å². The Morgan fingerprint density at radius 2 is 2.25 bits per heavy atom. The molecule has 0 unspecified atom stereocenters. The number of pyridine rings is 1. The average Bonchev–Trinajstić information content (AvgIpc) is 2.31. The van der Waals surface area contributed by atoms with Crippen LogP contribution in [0.1, 0.15) is 18.4 Å². The van der Waals surface area contributed by atoms with Crippen molar-refractivity contribution in [2.24, 2.45) is 11.1 Å². The maximum Gasteiger partial charge on any atom is 0.131 e. The van der Waals surface area contributed by atoms with Crippen molar-refractivity contribution >= 4 is 5.82 Å². The molecule has 0 amide bonds. The summed E-state index contributed by atoms with van der Waals surface area (Å²) in [6.07, 6.45) is 3.92. The molecule has 1 saturated heterocycles. The highest BCUT2D eigenvalue weighted by Crippen LogP contribution is 2.23. The Morgan fingerprint density at radius 1 is 1.50 bits per heavy atom. The first-order valence-electron chi connectivity index (χ1n) is 5.77. The van der Waals surface area contributed by atoms with E-state index in [-0.39, 0.29) is 0 Å². The third-order valence-electron chi connectivity index (χ3n) is 3.23. The molecule has 1 fully saturated rings.